The minimum atomic E-state index is -1.05. The summed E-state index contributed by atoms with van der Waals surface area (Å²) in [6, 6.07) is 16.3. The second kappa shape index (κ2) is 11.3. The van der Waals surface area contributed by atoms with E-state index in [1.807, 2.05) is 24.3 Å². The van der Waals surface area contributed by atoms with Crippen molar-refractivity contribution in [2.24, 2.45) is 5.92 Å². The van der Waals surface area contributed by atoms with E-state index in [1.54, 1.807) is 6.92 Å². The fourth-order valence-corrected chi connectivity index (χ4v) is 3.75. The molecule has 32 heavy (non-hydrogen) atoms. The highest BCUT2D eigenvalue weighted by atomic mass is 16.5. The van der Waals surface area contributed by atoms with Crippen molar-refractivity contribution in [2.45, 2.75) is 19.3 Å². The molecule has 3 N–H and O–H groups in total. The minimum Gasteiger partial charge on any atom is -0.480 e. The smallest absolute Gasteiger partial charge is 0.407 e. The summed E-state index contributed by atoms with van der Waals surface area (Å²) in [5.41, 5.74) is 4.65. The first-order valence-electron chi connectivity index (χ1n) is 10.6. The first-order valence-corrected chi connectivity index (χ1v) is 10.6. The van der Waals surface area contributed by atoms with Gasteiger partial charge in [-0.25, -0.2) is 9.59 Å². The van der Waals surface area contributed by atoms with Crippen LogP contribution in [0.25, 0.3) is 11.1 Å². The molecule has 170 valence electrons. The summed E-state index contributed by atoms with van der Waals surface area (Å²) in [6.45, 7) is 2.27. The highest BCUT2D eigenvalue weighted by molar-refractivity contribution is 5.79. The third kappa shape index (κ3) is 6.07. The van der Waals surface area contributed by atoms with Crippen LogP contribution < -0.4 is 10.6 Å². The third-order valence-corrected chi connectivity index (χ3v) is 5.41. The third-order valence-electron chi connectivity index (χ3n) is 5.41. The van der Waals surface area contributed by atoms with Gasteiger partial charge in [-0.15, -0.1) is 0 Å². The number of ether oxygens (including phenoxy) is 2. The van der Waals surface area contributed by atoms with Gasteiger partial charge in [0.15, 0.2) is 0 Å². The zero-order chi connectivity index (χ0) is 22.9. The number of nitrogens with one attached hydrogen (secondary N) is 2. The molecule has 2 amide bonds. The molecule has 1 unspecified atom stereocenters. The van der Waals surface area contributed by atoms with Gasteiger partial charge in [-0.05, 0) is 28.7 Å². The molecule has 2 aromatic carbocycles. The second-order valence-electron chi connectivity index (χ2n) is 7.68. The summed E-state index contributed by atoms with van der Waals surface area (Å²) >= 11 is 0. The molecule has 1 aliphatic carbocycles. The van der Waals surface area contributed by atoms with Crippen molar-refractivity contribution in [2.75, 3.05) is 32.9 Å². The molecule has 0 spiro atoms. The van der Waals surface area contributed by atoms with Crippen LogP contribution in [0.3, 0.4) is 0 Å². The SMILES string of the molecule is CC(CCNC(=O)OCC1c2ccccc2-c2ccccc21)C(=O)NCCOCC(=O)O. The Hall–Kier alpha value is -3.39. The van der Waals surface area contributed by atoms with Crippen LogP contribution in [0, 0.1) is 5.92 Å². The molecule has 0 bridgehead atoms. The second-order valence-corrected chi connectivity index (χ2v) is 7.68. The molecule has 0 aliphatic heterocycles. The zero-order valence-corrected chi connectivity index (χ0v) is 18.0. The van der Waals surface area contributed by atoms with Gasteiger partial charge >= 0.3 is 12.1 Å². The summed E-state index contributed by atoms with van der Waals surface area (Å²) in [6.07, 6.45) is -0.0621. The average molecular weight is 440 g/mol. The highest BCUT2D eigenvalue weighted by Gasteiger charge is 2.29. The van der Waals surface area contributed by atoms with Gasteiger partial charge in [-0.1, -0.05) is 55.5 Å². The number of alkyl carbamates (subject to hydrolysis) is 1. The fraction of sp³-hybridized carbons (Fsp3) is 0.375. The lowest BCUT2D eigenvalue weighted by Gasteiger charge is -2.15. The molecule has 0 saturated carbocycles. The summed E-state index contributed by atoms with van der Waals surface area (Å²) in [4.78, 5) is 34.5. The predicted octanol–water partition coefficient (Wildman–Crippen LogP) is 2.77. The molecule has 0 fully saturated rings. The zero-order valence-electron chi connectivity index (χ0n) is 18.0. The van der Waals surface area contributed by atoms with E-state index in [4.69, 9.17) is 14.6 Å². The van der Waals surface area contributed by atoms with E-state index in [0.717, 1.165) is 11.1 Å². The van der Waals surface area contributed by atoms with Crippen molar-refractivity contribution in [3.63, 3.8) is 0 Å². The van der Waals surface area contributed by atoms with Crippen LogP contribution in [0.2, 0.25) is 0 Å². The van der Waals surface area contributed by atoms with Crippen LogP contribution in [0.5, 0.6) is 0 Å². The average Bonchev–Trinajstić information content (AvgIpc) is 3.11. The lowest BCUT2D eigenvalue weighted by Crippen LogP contribution is -2.35. The Morgan fingerprint density at radius 3 is 2.22 bits per heavy atom. The van der Waals surface area contributed by atoms with Crippen LogP contribution in [-0.2, 0) is 19.1 Å². The van der Waals surface area contributed by atoms with E-state index in [9.17, 15) is 14.4 Å². The van der Waals surface area contributed by atoms with E-state index < -0.39 is 18.7 Å². The minimum absolute atomic E-state index is 0.00111. The number of rotatable bonds is 11. The normalized spacial score (nSPS) is 13.0. The van der Waals surface area contributed by atoms with Crippen molar-refractivity contribution < 1.29 is 29.0 Å². The van der Waals surface area contributed by atoms with Gasteiger partial charge in [-0.3, -0.25) is 4.79 Å². The van der Waals surface area contributed by atoms with Gasteiger partial charge in [0.2, 0.25) is 5.91 Å². The summed E-state index contributed by atoms with van der Waals surface area (Å²) in [5, 5.41) is 13.9. The number of carboxylic acid groups (broad SMARTS) is 1. The van der Waals surface area contributed by atoms with Crippen LogP contribution in [-0.4, -0.2) is 56.0 Å². The Balaban J connectivity index is 1.38. The van der Waals surface area contributed by atoms with Crippen LogP contribution in [0.1, 0.15) is 30.4 Å². The lowest BCUT2D eigenvalue weighted by molar-refractivity contribution is -0.142. The van der Waals surface area contributed by atoms with Crippen molar-refractivity contribution >= 4 is 18.0 Å². The van der Waals surface area contributed by atoms with Crippen molar-refractivity contribution in [1.29, 1.82) is 0 Å². The van der Waals surface area contributed by atoms with Crippen LogP contribution >= 0.6 is 0 Å². The fourth-order valence-electron chi connectivity index (χ4n) is 3.75. The monoisotopic (exact) mass is 440 g/mol. The number of hydrogen-bond donors (Lipinski definition) is 3. The molecule has 0 aromatic heterocycles. The predicted molar refractivity (Wildman–Crippen MR) is 118 cm³/mol. The number of aliphatic carboxylic acids is 1. The van der Waals surface area contributed by atoms with Crippen molar-refractivity contribution in [1.82, 2.24) is 10.6 Å². The molecule has 0 saturated heterocycles. The Kier molecular flexibility index (Phi) is 8.21. The van der Waals surface area contributed by atoms with Crippen molar-refractivity contribution in [3.8, 4) is 11.1 Å². The maximum atomic E-state index is 12.2. The molecular formula is C24H28N2O6. The van der Waals surface area contributed by atoms with Crippen LogP contribution in [0.4, 0.5) is 4.79 Å². The molecule has 8 nitrogen and oxygen atoms in total. The molecule has 8 heteroatoms. The molecule has 0 heterocycles. The van der Waals surface area contributed by atoms with Crippen LogP contribution in [0.15, 0.2) is 48.5 Å². The topological polar surface area (TPSA) is 114 Å². The van der Waals surface area contributed by atoms with Gasteiger partial charge in [0, 0.05) is 24.9 Å². The number of hydrogen-bond acceptors (Lipinski definition) is 5. The van der Waals surface area contributed by atoms with E-state index in [0.29, 0.717) is 13.0 Å². The highest BCUT2D eigenvalue weighted by Crippen LogP contribution is 2.44. The Labute approximate surface area is 186 Å². The Morgan fingerprint density at radius 2 is 1.59 bits per heavy atom. The number of amides is 2. The largest absolute Gasteiger partial charge is 0.480 e. The Morgan fingerprint density at radius 1 is 0.969 bits per heavy atom. The summed E-state index contributed by atoms with van der Waals surface area (Å²) in [7, 11) is 0. The van der Waals surface area contributed by atoms with Gasteiger partial charge in [0.05, 0.1) is 6.61 Å². The van der Waals surface area contributed by atoms with Gasteiger partial charge in [0.1, 0.15) is 13.2 Å². The lowest BCUT2D eigenvalue weighted by atomic mass is 9.98. The molecule has 0 radical (unpaired) electrons. The number of benzene rings is 2. The van der Waals surface area contributed by atoms with E-state index >= 15 is 0 Å². The number of carbonyl (C=O) groups is 3. The summed E-state index contributed by atoms with van der Waals surface area (Å²) < 4.78 is 10.3. The summed E-state index contributed by atoms with van der Waals surface area (Å²) in [5.74, 6) is -1.55. The molecule has 1 aliphatic rings. The van der Waals surface area contributed by atoms with Gasteiger partial charge in [0.25, 0.3) is 0 Å². The number of fused-ring (bicyclic) bond motifs is 3. The van der Waals surface area contributed by atoms with E-state index in [1.165, 1.54) is 11.1 Å². The maximum Gasteiger partial charge on any atom is 0.407 e. The van der Waals surface area contributed by atoms with Crippen molar-refractivity contribution in [3.05, 3.63) is 59.7 Å². The standard InChI is InChI=1S/C24H28N2O6/c1-16(23(29)25-12-13-31-15-22(27)28)10-11-26-24(30)32-14-21-19-8-4-2-6-17(19)18-7-3-5-9-20(18)21/h2-9,16,21H,10-15H2,1H3,(H,25,29)(H,26,30)(H,27,28). The van der Waals surface area contributed by atoms with E-state index in [-0.39, 0.29) is 37.5 Å². The van der Waals surface area contributed by atoms with Gasteiger partial charge < -0.3 is 25.2 Å². The quantitative estimate of drug-likeness (QED) is 0.463. The maximum absolute atomic E-state index is 12.2. The molecule has 2 aromatic rings. The Bertz CT molecular complexity index is 916. The number of carbonyl (C=O) groups excluding carboxylic acids is 2. The molecular weight excluding hydrogens is 412 g/mol. The molecule has 1 atom stereocenters. The number of carboxylic acids is 1. The van der Waals surface area contributed by atoms with Gasteiger partial charge in [-0.2, -0.15) is 0 Å². The van der Waals surface area contributed by atoms with E-state index in [2.05, 4.69) is 34.9 Å². The molecule has 3 rings (SSSR count). The first kappa shape index (κ1) is 23.3. The first-order chi connectivity index (χ1) is 15.5.